The lowest BCUT2D eigenvalue weighted by Crippen LogP contribution is -2.19. The highest BCUT2D eigenvalue weighted by Gasteiger charge is 2.20. The fourth-order valence-electron chi connectivity index (χ4n) is 1.82. The van der Waals surface area contributed by atoms with E-state index >= 15 is 0 Å². The van der Waals surface area contributed by atoms with Crippen LogP contribution in [0.1, 0.15) is 11.1 Å². The molecule has 0 heterocycles. The number of hydrogen-bond donors (Lipinski definition) is 1. The predicted octanol–water partition coefficient (Wildman–Crippen LogP) is 3.35. The second kappa shape index (κ2) is 6.78. The maximum Gasteiger partial charge on any atom is 0.317 e. The fourth-order valence-corrected chi connectivity index (χ4v) is 2.90. The summed E-state index contributed by atoms with van der Waals surface area (Å²) in [4.78, 5) is 12.1. The number of hydrogen-bond acceptors (Lipinski definition) is 3. The van der Waals surface area contributed by atoms with E-state index in [0.717, 1.165) is 5.56 Å². The van der Waals surface area contributed by atoms with Gasteiger partial charge in [0.1, 0.15) is 11.3 Å². The molecule has 100 valence electrons. The van der Waals surface area contributed by atoms with Gasteiger partial charge in [0.15, 0.2) is 0 Å². The Morgan fingerprint density at radius 1 is 1.15 bits per heavy atom. The molecule has 0 bridgehead atoms. The summed E-state index contributed by atoms with van der Waals surface area (Å²) >= 11 is 1.22. The SMILES string of the molecule is N#Cc1ccccc1SC(Cc1ccccc1)C(=O)O. The van der Waals surface area contributed by atoms with Gasteiger partial charge in [0.25, 0.3) is 0 Å². The number of thioether (sulfide) groups is 1. The third-order valence-corrected chi connectivity index (χ3v) is 4.08. The van der Waals surface area contributed by atoms with Crippen molar-refractivity contribution in [1.82, 2.24) is 0 Å². The van der Waals surface area contributed by atoms with Crippen molar-refractivity contribution in [2.75, 3.05) is 0 Å². The summed E-state index contributed by atoms with van der Waals surface area (Å²) in [5.41, 5.74) is 1.48. The first-order valence-electron chi connectivity index (χ1n) is 6.13. The monoisotopic (exact) mass is 283 g/mol. The number of carbonyl (C=O) groups is 1. The number of aliphatic carboxylic acids is 1. The molecular formula is C16H13NO2S. The Morgan fingerprint density at radius 2 is 1.80 bits per heavy atom. The first-order valence-corrected chi connectivity index (χ1v) is 7.01. The Balaban J connectivity index is 2.18. The molecule has 0 amide bonds. The minimum Gasteiger partial charge on any atom is -0.480 e. The summed E-state index contributed by atoms with van der Waals surface area (Å²) in [5, 5.41) is 17.8. The highest BCUT2D eigenvalue weighted by atomic mass is 32.2. The zero-order chi connectivity index (χ0) is 14.4. The average Bonchev–Trinajstić information content (AvgIpc) is 2.48. The van der Waals surface area contributed by atoms with Crippen molar-refractivity contribution in [3.8, 4) is 6.07 Å². The van der Waals surface area contributed by atoms with E-state index < -0.39 is 11.2 Å². The van der Waals surface area contributed by atoms with Crippen molar-refractivity contribution in [3.63, 3.8) is 0 Å². The molecule has 1 atom stereocenters. The number of carboxylic acid groups (broad SMARTS) is 1. The van der Waals surface area contributed by atoms with Crippen LogP contribution in [0.15, 0.2) is 59.5 Å². The van der Waals surface area contributed by atoms with Crippen molar-refractivity contribution >= 4 is 17.7 Å². The number of rotatable bonds is 5. The van der Waals surface area contributed by atoms with Crippen LogP contribution in [-0.4, -0.2) is 16.3 Å². The Bertz CT molecular complexity index is 634. The summed E-state index contributed by atoms with van der Waals surface area (Å²) in [6, 6.07) is 18.7. The largest absolute Gasteiger partial charge is 0.480 e. The van der Waals surface area contributed by atoms with Gasteiger partial charge >= 0.3 is 5.97 Å². The fraction of sp³-hybridized carbons (Fsp3) is 0.125. The normalized spacial score (nSPS) is 11.6. The number of nitrogens with zero attached hydrogens (tertiary/aromatic N) is 1. The zero-order valence-corrected chi connectivity index (χ0v) is 11.5. The van der Waals surface area contributed by atoms with Crippen LogP contribution in [0.2, 0.25) is 0 Å². The van der Waals surface area contributed by atoms with Crippen molar-refractivity contribution in [2.24, 2.45) is 0 Å². The van der Waals surface area contributed by atoms with Crippen LogP contribution >= 0.6 is 11.8 Å². The lowest BCUT2D eigenvalue weighted by Gasteiger charge is -2.13. The molecule has 1 N–H and O–H groups in total. The molecule has 0 aliphatic carbocycles. The second-order valence-electron chi connectivity index (χ2n) is 4.24. The summed E-state index contributed by atoms with van der Waals surface area (Å²) in [6.07, 6.45) is 0.431. The molecule has 0 aliphatic rings. The number of nitriles is 1. The van der Waals surface area contributed by atoms with Gasteiger partial charge in [-0.25, -0.2) is 0 Å². The number of carboxylic acids is 1. The van der Waals surface area contributed by atoms with Crippen LogP contribution in [0.25, 0.3) is 0 Å². The topological polar surface area (TPSA) is 61.1 Å². The molecule has 0 aliphatic heterocycles. The van der Waals surface area contributed by atoms with E-state index in [2.05, 4.69) is 6.07 Å². The van der Waals surface area contributed by atoms with Gasteiger partial charge in [-0.1, -0.05) is 42.5 Å². The molecule has 0 aromatic heterocycles. The van der Waals surface area contributed by atoms with E-state index in [4.69, 9.17) is 5.26 Å². The second-order valence-corrected chi connectivity index (χ2v) is 5.49. The van der Waals surface area contributed by atoms with Gasteiger partial charge in [0.05, 0.1) is 5.56 Å². The van der Waals surface area contributed by atoms with E-state index in [9.17, 15) is 9.90 Å². The Morgan fingerprint density at radius 3 is 2.45 bits per heavy atom. The van der Waals surface area contributed by atoms with Crippen LogP contribution in [0.3, 0.4) is 0 Å². The molecular weight excluding hydrogens is 270 g/mol. The van der Waals surface area contributed by atoms with Crippen LogP contribution in [-0.2, 0) is 11.2 Å². The van der Waals surface area contributed by atoms with Crippen LogP contribution in [0.5, 0.6) is 0 Å². The first-order chi connectivity index (χ1) is 9.70. The van der Waals surface area contributed by atoms with Crippen molar-refractivity contribution in [1.29, 1.82) is 5.26 Å². The highest BCUT2D eigenvalue weighted by molar-refractivity contribution is 8.00. The van der Waals surface area contributed by atoms with Crippen molar-refractivity contribution < 1.29 is 9.90 Å². The van der Waals surface area contributed by atoms with Crippen molar-refractivity contribution in [2.45, 2.75) is 16.6 Å². The van der Waals surface area contributed by atoms with Crippen LogP contribution in [0.4, 0.5) is 0 Å². The molecule has 1 unspecified atom stereocenters. The quantitative estimate of drug-likeness (QED) is 0.855. The predicted molar refractivity (Wildman–Crippen MR) is 78.6 cm³/mol. The highest BCUT2D eigenvalue weighted by Crippen LogP contribution is 2.28. The van der Waals surface area contributed by atoms with Crippen LogP contribution < -0.4 is 0 Å². The molecule has 2 rings (SSSR count). The van der Waals surface area contributed by atoms with Gasteiger partial charge in [0, 0.05) is 4.90 Å². The Labute approximate surface area is 121 Å². The van der Waals surface area contributed by atoms with Gasteiger partial charge < -0.3 is 5.11 Å². The molecule has 2 aromatic rings. The third-order valence-electron chi connectivity index (χ3n) is 2.82. The van der Waals surface area contributed by atoms with E-state index in [0.29, 0.717) is 16.9 Å². The summed E-state index contributed by atoms with van der Waals surface area (Å²) < 4.78 is 0. The van der Waals surface area contributed by atoms with E-state index in [1.165, 1.54) is 11.8 Å². The van der Waals surface area contributed by atoms with Gasteiger partial charge in [-0.2, -0.15) is 5.26 Å². The molecule has 0 saturated heterocycles. The van der Waals surface area contributed by atoms with E-state index in [1.807, 2.05) is 36.4 Å². The Kier molecular flexibility index (Phi) is 4.80. The van der Waals surface area contributed by atoms with E-state index in [-0.39, 0.29) is 0 Å². The smallest absolute Gasteiger partial charge is 0.317 e. The minimum absolute atomic E-state index is 0.431. The maximum atomic E-state index is 11.4. The molecule has 2 aromatic carbocycles. The van der Waals surface area contributed by atoms with Crippen LogP contribution in [0, 0.1) is 11.3 Å². The average molecular weight is 283 g/mol. The lowest BCUT2D eigenvalue weighted by atomic mass is 10.1. The standard InChI is InChI=1S/C16H13NO2S/c17-11-13-8-4-5-9-14(13)20-15(16(18)19)10-12-6-2-1-3-7-12/h1-9,15H,10H2,(H,18,19). The molecule has 0 fully saturated rings. The zero-order valence-electron chi connectivity index (χ0n) is 10.7. The lowest BCUT2D eigenvalue weighted by molar-refractivity contribution is -0.136. The van der Waals surface area contributed by atoms with E-state index in [1.54, 1.807) is 18.2 Å². The van der Waals surface area contributed by atoms with Gasteiger partial charge in [-0.05, 0) is 24.1 Å². The maximum absolute atomic E-state index is 11.4. The summed E-state index contributed by atoms with van der Waals surface area (Å²) in [6.45, 7) is 0. The molecule has 4 heteroatoms. The third kappa shape index (κ3) is 3.62. The molecule has 0 radical (unpaired) electrons. The van der Waals surface area contributed by atoms with Gasteiger partial charge in [-0.15, -0.1) is 11.8 Å². The molecule has 20 heavy (non-hydrogen) atoms. The summed E-state index contributed by atoms with van der Waals surface area (Å²) in [5.74, 6) is -0.869. The molecule has 0 saturated carbocycles. The molecule has 0 spiro atoms. The first kappa shape index (κ1) is 14.2. The number of benzene rings is 2. The van der Waals surface area contributed by atoms with Gasteiger partial charge in [-0.3, -0.25) is 4.79 Å². The Hall–Kier alpha value is -2.25. The van der Waals surface area contributed by atoms with Crippen molar-refractivity contribution in [3.05, 3.63) is 65.7 Å². The van der Waals surface area contributed by atoms with Gasteiger partial charge in [0.2, 0.25) is 0 Å². The molecule has 3 nitrogen and oxygen atoms in total. The minimum atomic E-state index is -0.869. The summed E-state index contributed by atoms with van der Waals surface area (Å²) in [7, 11) is 0.